The Labute approximate surface area is 675 Å². The van der Waals surface area contributed by atoms with Gasteiger partial charge in [-0.15, -0.1) is 0 Å². The van der Waals surface area contributed by atoms with Gasteiger partial charge in [0.25, 0.3) is 0 Å². The molecule has 3 saturated heterocycles. The molecule has 2 N–H and O–H groups in total. The molecule has 3 aliphatic heterocycles. The van der Waals surface area contributed by atoms with Crippen molar-refractivity contribution in [3.63, 3.8) is 0 Å². The largest absolute Gasteiger partial charge is 0.471 e. The van der Waals surface area contributed by atoms with Gasteiger partial charge in [0, 0.05) is 53.9 Å². The molecule has 6 radical (unpaired) electrons. The molecule has 0 saturated carbocycles. The maximum absolute atomic E-state index is 14.9. The third-order valence-electron chi connectivity index (χ3n) is 16.8. The zero-order valence-corrected chi connectivity index (χ0v) is 68.5. The molecule has 0 bridgehead atoms. The fourth-order valence-corrected chi connectivity index (χ4v) is 12.2. The molecule has 9 rings (SSSR count). The first-order valence-corrected chi connectivity index (χ1v) is 37.0. The number of rotatable bonds is 16. The number of allylic oxidation sites excluding steroid dienone is 3. The minimum atomic E-state index is -3.60. The molecular formula is C79H95B4ClF6N12O13. The maximum Gasteiger partial charge on any atom is 0.411 e. The van der Waals surface area contributed by atoms with Crippen molar-refractivity contribution < 1.29 is 88.6 Å². The Bertz CT molecular complexity index is 4670. The van der Waals surface area contributed by atoms with E-state index in [4.69, 9.17) is 55.3 Å². The molecule has 115 heavy (non-hydrogen) atoms. The second-order valence-electron chi connectivity index (χ2n) is 31.9. The lowest BCUT2D eigenvalue weighted by Crippen LogP contribution is -2.47. The fourth-order valence-electron chi connectivity index (χ4n) is 11.9. The van der Waals surface area contributed by atoms with Gasteiger partial charge in [0.1, 0.15) is 58.3 Å². The first-order chi connectivity index (χ1) is 53.0. The van der Waals surface area contributed by atoms with Crippen molar-refractivity contribution in [3.05, 3.63) is 131 Å². The number of hydrogen-bond donors (Lipinski definition) is 2. The van der Waals surface area contributed by atoms with E-state index in [0.717, 1.165) is 0 Å². The number of β-amino-alcohol motifs (C(OH)–C–C–N with tert-alkyl or cyclic N) is 1. The molecule has 0 unspecified atom stereocenters. The zero-order valence-electron chi connectivity index (χ0n) is 67.7. The number of ether oxygens (including phenoxy) is 7. The van der Waals surface area contributed by atoms with Gasteiger partial charge in [-0.1, -0.05) is 52.1 Å². The fraction of sp³-hybridized carbons (Fsp3) is 0.519. The molecule has 2 amide bonds. The van der Waals surface area contributed by atoms with Crippen molar-refractivity contribution in [2.24, 2.45) is 17.8 Å². The van der Waals surface area contributed by atoms with Crippen LogP contribution in [0.3, 0.4) is 0 Å². The molecular weight excluding hydrogens is 1520 g/mol. The number of aromatic nitrogens is 6. The lowest BCUT2D eigenvalue weighted by Gasteiger charge is -2.31. The number of alkyl halides is 6. The average Bonchev–Trinajstić information content (AvgIpc) is 1.43. The highest BCUT2D eigenvalue weighted by Gasteiger charge is 2.53. The Kier molecular flexibility index (Phi) is 32.1. The highest BCUT2D eigenvalue weighted by atomic mass is 35.5. The minimum absolute atomic E-state index is 0.0807. The summed E-state index contributed by atoms with van der Waals surface area (Å²) >= 11 is 5.68. The zero-order chi connectivity index (χ0) is 87.2. The van der Waals surface area contributed by atoms with E-state index < -0.39 is 153 Å². The number of likely N-dealkylation sites (tertiary alicyclic amines) is 2. The van der Waals surface area contributed by atoms with Crippen LogP contribution in [0.25, 0.3) is 33.1 Å². The number of nitrogens with zero attached hydrogens (tertiary/aromatic N) is 11. The van der Waals surface area contributed by atoms with E-state index in [1.54, 1.807) is 111 Å². The van der Waals surface area contributed by atoms with Gasteiger partial charge in [-0.05, 0) is 196 Å². The van der Waals surface area contributed by atoms with Gasteiger partial charge >= 0.3 is 47.9 Å². The summed E-state index contributed by atoms with van der Waals surface area (Å²) in [5, 5.41) is 40.0. The van der Waals surface area contributed by atoms with Crippen LogP contribution in [-0.2, 0) is 55.8 Å². The highest BCUT2D eigenvalue weighted by molar-refractivity contribution is 7.49. The summed E-state index contributed by atoms with van der Waals surface area (Å²) in [7, 11) is 14.0. The number of aliphatic hydroxyl groups excluding tert-OH is 1. The number of amides is 2. The summed E-state index contributed by atoms with van der Waals surface area (Å²) in [4.78, 5) is 90.7. The smallest absolute Gasteiger partial charge is 0.411 e. The van der Waals surface area contributed by atoms with Gasteiger partial charge < -0.3 is 43.6 Å². The summed E-state index contributed by atoms with van der Waals surface area (Å²) in [5.41, 5.74) is -3.48. The Hall–Kier alpha value is -10.0. The summed E-state index contributed by atoms with van der Waals surface area (Å²) in [6.07, 6.45) is -1.48. The third-order valence-corrected chi connectivity index (χ3v) is 17.1. The predicted octanol–water partition coefficient (Wildman–Crippen LogP) is 13.6. The SMILES string of the molecule is C=CC(F)(F)c1nc2ccc(C#N)cc2nc1Cl.C=CC(F)(F)c1nc2ccc(C#N)cc2nc1O[C@H]1CN(C(=O)OC(C)(C)C)[C@H](C(=O)OC(C)(C)C)[C@@H]1CC.C=CC(F)(F)c1nc2ccc(C#N)cc2nc1O[C@H]1CN[C@H](C(=O)OC(C)(C)C)[C@@H]1CC.CC[C@H]1[C@@H](C(=O)OC(C)(C)C)N(C(=O)OC(C)(C)C)C[C@@H]1O.[B]B([B])[B]. The van der Waals surface area contributed by atoms with Crippen molar-refractivity contribution in [3.8, 4) is 30.0 Å². The van der Waals surface area contributed by atoms with Crippen LogP contribution < -0.4 is 14.8 Å². The van der Waals surface area contributed by atoms with E-state index in [0.29, 0.717) is 54.1 Å². The first kappa shape index (κ1) is 95.6. The highest BCUT2D eigenvalue weighted by Crippen LogP contribution is 2.42. The van der Waals surface area contributed by atoms with Crippen LogP contribution in [0.5, 0.6) is 11.8 Å². The van der Waals surface area contributed by atoms with Crippen LogP contribution in [0, 0.1) is 51.7 Å². The first-order valence-electron chi connectivity index (χ1n) is 36.6. The molecule has 0 aliphatic carbocycles. The lowest BCUT2D eigenvalue weighted by molar-refractivity contribution is -0.162. The van der Waals surface area contributed by atoms with E-state index >= 15 is 0 Å². The van der Waals surface area contributed by atoms with Crippen LogP contribution in [0.4, 0.5) is 35.9 Å². The molecule has 3 fully saturated rings. The predicted molar refractivity (Wildman–Crippen MR) is 422 cm³/mol. The van der Waals surface area contributed by atoms with E-state index in [1.807, 2.05) is 32.1 Å². The van der Waals surface area contributed by atoms with Gasteiger partial charge in [-0.2, -0.15) is 42.1 Å². The van der Waals surface area contributed by atoms with Crippen LogP contribution >= 0.6 is 11.6 Å². The summed E-state index contributed by atoms with van der Waals surface area (Å²) in [6.45, 7) is 41.3. The number of halogens is 7. The van der Waals surface area contributed by atoms with Gasteiger partial charge in [0.05, 0.1) is 87.2 Å². The number of aliphatic hydroxyl groups is 1. The second-order valence-corrected chi connectivity index (χ2v) is 32.2. The van der Waals surface area contributed by atoms with E-state index in [2.05, 4.69) is 78.2 Å². The average molecular weight is 1610 g/mol. The summed E-state index contributed by atoms with van der Waals surface area (Å²) in [5.74, 6) is -14.1. The van der Waals surface area contributed by atoms with Crippen molar-refractivity contribution in [1.29, 1.82) is 15.8 Å². The quantitative estimate of drug-likeness (QED) is 0.0299. The molecule has 36 heteroatoms. The van der Waals surface area contributed by atoms with E-state index in [-0.39, 0.29) is 70.5 Å². The molecule has 25 nitrogen and oxygen atoms in total. The second kappa shape index (κ2) is 38.6. The van der Waals surface area contributed by atoms with Gasteiger partial charge in [-0.25, -0.2) is 49.1 Å². The number of fused-ring (bicyclic) bond motifs is 3. The molecule has 3 aromatic carbocycles. The van der Waals surface area contributed by atoms with Crippen LogP contribution in [0.2, 0.25) is 5.15 Å². The Morgan fingerprint density at radius 2 is 0.826 bits per heavy atom. The maximum atomic E-state index is 14.9. The van der Waals surface area contributed by atoms with Gasteiger partial charge in [-0.3, -0.25) is 14.6 Å². The number of nitrogens with one attached hydrogen (secondary N) is 1. The number of esters is 3. The molecule has 610 valence electrons. The van der Waals surface area contributed by atoms with Crippen molar-refractivity contribution in [1.82, 2.24) is 45.0 Å². The Balaban J connectivity index is 0.000000279. The van der Waals surface area contributed by atoms with Crippen molar-refractivity contribution in [2.75, 3.05) is 19.6 Å². The Morgan fingerprint density at radius 1 is 0.504 bits per heavy atom. The Morgan fingerprint density at radius 3 is 1.17 bits per heavy atom. The summed E-state index contributed by atoms with van der Waals surface area (Å²) < 4.78 is 125. The van der Waals surface area contributed by atoms with Crippen LogP contribution in [0.15, 0.2) is 92.6 Å². The van der Waals surface area contributed by atoms with Crippen molar-refractivity contribution >= 4 is 104 Å². The molecule has 9 atom stereocenters. The minimum Gasteiger partial charge on any atom is -0.471 e. The number of nitriles is 3. The molecule has 3 aromatic heterocycles. The number of hydrogen-bond acceptors (Lipinski definition) is 23. The third kappa shape index (κ3) is 26.5. The molecule has 3 aliphatic rings. The van der Waals surface area contributed by atoms with Gasteiger partial charge in [0.2, 0.25) is 11.8 Å². The molecule has 6 aromatic rings. The van der Waals surface area contributed by atoms with Crippen LogP contribution in [0.1, 0.15) is 178 Å². The standard InChI is InChI=1S/C28H34F2N4O5.C23H26F2N4O3.C16H29NO5.C12H6ClF2N3.B4/c1-9-17-20(15-34(25(36)39-27(6,7)8)21(17)24(35)38-26(3,4)5)37-23-22(28(29,30)10-2)32-18-12-11-16(14-31)13-19(18)33-23;1-6-14-17(12-27-18(14)21(30)32-22(3,4)5)31-20-19(23(24,25)7-2)28-15-9-8-13(11-26)10-16(15)29-20;1-8-10-11(18)9-17(14(20)22-16(5,6)7)12(10)13(19)21-15(2,3)4;1-2-12(14,15)10-11(13)18-9-5-7(6-16)3-4-8(9)17-10;1-4(2)3/h10-13,17,20-21H,2,9,15H2,1,3-8H3;7-10,14,17-18,27H,2,6,12H2,1,3-5H3;10-12,18H,8-9H2,1-7H3;2-5H,1H2;/t17-,20+,21+;14-,17+,18+;10-,11+,12+;;/m111../s1. The summed E-state index contributed by atoms with van der Waals surface area (Å²) in [6, 6.07) is 16.4. The topological polar surface area (TPSA) is 337 Å². The van der Waals surface area contributed by atoms with E-state index in [9.17, 15) is 60.7 Å². The number of benzene rings is 3. The normalized spacial score (nSPS) is 19.6. The van der Waals surface area contributed by atoms with Crippen LogP contribution in [-0.4, -0.2) is 189 Å². The lowest BCUT2D eigenvalue weighted by atomic mass is 9.08. The number of carbonyl (C=O) groups excluding carboxylic acids is 5. The van der Waals surface area contributed by atoms with E-state index in [1.165, 1.54) is 64.4 Å². The van der Waals surface area contributed by atoms with Gasteiger partial charge in [0.15, 0.2) is 22.2 Å². The number of carbonyl (C=O) groups is 5. The monoisotopic (exact) mass is 1610 g/mol. The molecule has 6 heterocycles. The van der Waals surface area contributed by atoms with Crippen molar-refractivity contribution in [2.45, 2.75) is 226 Å². The molecule has 0 spiro atoms.